The van der Waals surface area contributed by atoms with E-state index >= 15 is 0 Å². The Balaban J connectivity index is 1.70. The maximum absolute atomic E-state index is 12.5. The highest BCUT2D eigenvalue weighted by Gasteiger charge is 2.40. The summed E-state index contributed by atoms with van der Waals surface area (Å²) in [7, 11) is 1.60. The van der Waals surface area contributed by atoms with Crippen LogP contribution >= 0.6 is 0 Å². The second-order valence-corrected chi connectivity index (χ2v) is 5.74. The molecule has 2 unspecified atom stereocenters. The van der Waals surface area contributed by atoms with Crippen molar-refractivity contribution in [2.45, 2.75) is 19.6 Å². The minimum absolute atomic E-state index is 0.108. The number of benzene rings is 1. The zero-order chi connectivity index (χ0) is 16.2. The molecule has 0 spiro atoms. The van der Waals surface area contributed by atoms with Crippen LogP contribution in [-0.4, -0.2) is 34.6 Å². The summed E-state index contributed by atoms with van der Waals surface area (Å²) in [5.74, 6) is 0.931. The fourth-order valence-electron chi connectivity index (χ4n) is 2.93. The Morgan fingerprint density at radius 2 is 2.13 bits per heavy atom. The summed E-state index contributed by atoms with van der Waals surface area (Å²) in [5.41, 5.74) is 1.89. The number of anilines is 1. The van der Waals surface area contributed by atoms with Crippen LogP contribution in [0.25, 0.3) is 0 Å². The summed E-state index contributed by atoms with van der Waals surface area (Å²) in [6.07, 6.45) is 1.43. The van der Waals surface area contributed by atoms with Crippen LogP contribution in [0, 0.1) is 5.92 Å². The maximum Gasteiger partial charge on any atom is 0.323 e. The van der Waals surface area contributed by atoms with Crippen molar-refractivity contribution >= 4 is 11.8 Å². The first-order chi connectivity index (χ1) is 11.2. The van der Waals surface area contributed by atoms with Gasteiger partial charge in [-0.1, -0.05) is 37.3 Å². The van der Waals surface area contributed by atoms with Crippen molar-refractivity contribution < 1.29 is 9.53 Å². The van der Waals surface area contributed by atoms with E-state index in [1.807, 2.05) is 23.1 Å². The highest BCUT2D eigenvalue weighted by Crippen LogP contribution is 2.38. The molecule has 1 N–H and O–H groups in total. The van der Waals surface area contributed by atoms with E-state index in [0.717, 1.165) is 17.8 Å². The first-order valence-corrected chi connectivity index (χ1v) is 7.61. The van der Waals surface area contributed by atoms with Crippen LogP contribution in [-0.2, 0) is 11.3 Å². The number of ether oxygens (including phenoxy) is 1. The van der Waals surface area contributed by atoms with Crippen LogP contribution in [0.4, 0.5) is 10.6 Å². The first kappa shape index (κ1) is 15.4. The number of nitrogens with zero attached hydrogens (tertiary/aromatic N) is 3. The fourth-order valence-corrected chi connectivity index (χ4v) is 2.93. The van der Waals surface area contributed by atoms with E-state index in [9.17, 15) is 4.79 Å². The van der Waals surface area contributed by atoms with Gasteiger partial charge in [0.15, 0.2) is 0 Å². The van der Waals surface area contributed by atoms with Crippen molar-refractivity contribution in [2.24, 2.45) is 5.92 Å². The van der Waals surface area contributed by atoms with E-state index in [4.69, 9.17) is 4.74 Å². The lowest BCUT2D eigenvalue weighted by Crippen LogP contribution is -2.53. The second kappa shape index (κ2) is 6.75. The number of carbonyl (C=O) groups is 1. The molecule has 2 aromatic rings. The fraction of sp³-hybridized carbons (Fsp3) is 0.353. The highest BCUT2D eigenvalue weighted by atomic mass is 16.5. The molecule has 1 aromatic carbocycles. The molecule has 1 aliphatic rings. The van der Waals surface area contributed by atoms with E-state index < -0.39 is 0 Å². The Bertz CT molecular complexity index is 677. The third kappa shape index (κ3) is 3.32. The second-order valence-electron chi connectivity index (χ2n) is 5.74. The smallest absolute Gasteiger partial charge is 0.323 e. The van der Waals surface area contributed by atoms with Crippen molar-refractivity contribution in [2.75, 3.05) is 19.0 Å². The minimum Gasteiger partial charge on any atom is -0.378 e. The third-order valence-corrected chi connectivity index (χ3v) is 4.01. The van der Waals surface area contributed by atoms with Gasteiger partial charge in [0.1, 0.15) is 12.1 Å². The standard InChI is InChI=1S/C17H20N4O2/c1-12-9-21(16(12)13-6-4-3-5-7-13)17(22)20-15-8-14(10-23-2)18-11-19-15/h3-8,11-12,16H,9-10H2,1-2H3,(H,18,19,20,22). The zero-order valence-corrected chi connectivity index (χ0v) is 13.3. The number of nitrogens with one attached hydrogen (secondary N) is 1. The molecular formula is C17H20N4O2. The summed E-state index contributed by atoms with van der Waals surface area (Å²) in [5, 5.41) is 2.84. The lowest BCUT2D eigenvalue weighted by Gasteiger charge is -2.46. The zero-order valence-electron chi connectivity index (χ0n) is 13.3. The van der Waals surface area contributed by atoms with Gasteiger partial charge in [0.2, 0.25) is 0 Å². The van der Waals surface area contributed by atoms with Crippen LogP contribution in [0.2, 0.25) is 0 Å². The quantitative estimate of drug-likeness (QED) is 0.942. The molecule has 6 heteroatoms. The Morgan fingerprint density at radius 3 is 2.83 bits per heavy atom. The van der Waals surface area contributed by atoms with E-state index in [0.29, 0.717) is 18.3 Å². The molecule has 0 bridgehead atoms. The van der Waals surface area contributed by atoms with Crippen LogP contribution in [0.15, 0.2) is 42.7 Å². The lowest BCUT2D eigenvalue weighted by molar-refractivity contribution is 0.0670. The summed E-state index contributed by atoms with van der Waals surface area (Å²) in [4.78, 5) is 22.5. The van der Waals surface area contributed by atoms with Gasteiger partial charge in [-0.25, -0.2) is 14.8 Å². The Kier molecular flexibility index (Phi) is 4.52. The van der Waals surface area contributed by atoms with Gasteiger partial charge in [0, 0.05) is 19.7 Å². The van der Waals surface area contributed by atoms with Crippen molar-refractivity contribution in [3.05, 3.63) is 54.0 Å². The van der Waals surface area contributed by atoms with Crippen molar-refractivity contribution in [3.8, 4) is 0 Å². The molecular weight excluding hydrogens is 292 g/mol. The van der Waals surface area contributed by atoms with Crippen molar-refractivity contribution in [1.29, 1.82) is 0 Å². The number of hydrogen-bond donors (Lipinski definition) is 1. The first-order valence-electron chi connectivity index (χ1n) is 7.61. The SMILES string of the molecule is COCc1cc(NC(=O)N2CC(C)C2c2ccccc2)ncn1. The van der Waals surface area contributed by atoms with Crippen molar-refractivity contribution in [1.82, 2.24) is 14.9 Å². The largest absolute Gasteiger partial charge is 0.378 e. The van der Waals surface area contributed by atoms with Gasteiger partial charge < -0.3 is 9.64 Å². The number of rotatable bonds is 4. The van der Waals surface area contributed by atoms with Crippen molar-refractivity contribution in [3.63, 3.8) is 0 Å². The molecule has 0 radical (unpaired) electrons. The molecule has 2 amide bonds. The number of amides is 2. The highest BCUT2D eigenvalue weighted by molar-refractivity contribution is 5.89. The van der Waals surface area contributed by atoms with E-state index in [-0.39, 0.29) is 12.1 Å². The Morgan fingerprint density at radius 1 is 1.35 bits per heavy atom. The van der Waals surface area contributed by atoms with E-state index in [1.165, 1.54) is 6.33 Å². The van der Waals surface area contributed by atoms with Crippen LogP contribution in [0.5, 0.6) is 0 Å². The minimum atomic E-state index is -0.140. The summed E-state index contributed by atoms with van der Waals surface area (Å²) in [6, 6.07) is 11.8. The Hall–Kier alpha value is -2.47. The number of hydrogen-bond acceptors (Lipinski definition) is 4. The monoisotopic (exact) mass is 312 g/mol. The molecule has 1 aliphatic heterocycles. The van der Waals surface area contributed by atoms with Gasteiger partial charge in [-0.2, -0.15) is 0 Å². The Labute approximate surface area is 135 Å². The molecule has 1 aromatic heterocycles. The third-order valence-electron chi connectivity index (χ3n) is 4.01. The van der Waals surface area contributed by atoms with Crippen LogP contribution in [0.1, 0.15) is 24.2 Å². The molecule has 2 atom stereocenters. The molecule has 1 fully saturated rings. The number of carbonyl (C=O) groups excluding carboxylic acids is 1. The molecule has 6 nitrogen and oxygen atoms in total. The van der Waals surface area contributed by atoms with E-state index in [1.54, 1.807) is 13.2 Å². The van der Waals surface area contributed by atoms with Gasteiger partial charge in [-0.15, -0.1) is 0 Å². The summed E-state index contributed by atoms with van der Waals surface area (Å²) >= 11 is 0. The van der Waals surface area contributed by atoms with Gasteiger partial charge in [-0.3, -0.25) is 5.32 Å². The average Bonchev–Trinajstić information content (AvgIpc) is 2.54. The maximum atomic E-state index is 12.5. The van der Waals surface area contributed by atoms with Crippen LogP contribution in [0.3, 0.4) is 0 Å². The predicted molar refractivity (Wildman–Crippen MR) is 86.8 cm³/mol. The topological polar surface area (TPSA) is 67.3 Å². The van der Waals surface area contributed by atoms with E-state index in [2.05, 4.69) is 34.3 Å². The molecule has 23 heavy (non-hydrogen) atoms. The molecule has 2 heterocycles. The van der Waals surface area contributed by atoms with Crippen LogP contribution < -0.4 is 5.32 Å². The molecule has 120 valence electrons. The number of likely N-dealkylation sites (tertiary alicyclic amines) is 1. The molecule has 0 saturated carbocycles. The normalized spacial score (nSPS) is 20.0. The van der Waals surface area contributed by atoms with Gasteiger partial charge in [-0.05, 0) is 11.5 Å². The van der Waals surface area contributed by atoms with Gasteiger partial charge >= 0.3 is 6.03 Å². The molecule has 0 aliphatic carbocycles. The summed E-state index contributed by atoms with van der Waals surface area (Å²) < 4.78 is 5.04. The van der Waals surface area contributed by atoms with Gasteiger partial charge in [0.05, 0.1) is 18.3 Å². The number of methoxy groups -OCH3 is 1. The van der Waals surface area contributed by atoms with Gasteiger partial charge in [0.25, 0.3) is 0 Å². The molecule has 1 saturated heterocycles. The predicted octanol–water partition coefficient (Wildman–Crippen LogP) is 2.85. The number of urea groups is 1. The molecule has 3 rings (SSSR count). The number of aromatic nitrogens is 2. The lowest BCUT2D eigenvalue weighted by atomic mass is 9.85. The average molecular weight is 312 g/mol. The summed E-state index contributed by atoms with van der Waals surface area (Å²) in [6.45, 7) is 3.28.